The Labute approximate surface area is 186 Å². The molecular formula is C22H21BrF3NO4. The first-order valence-electron chi connectivity index (χ1n) is 9.15. The van der Waals surface area contributed by atoms with Crippen molar-refractivity contribution in [3.63, 3.8) is 0 Å². The summed E-state index contributed by atoms with van der Waals surface area (Å²) >= 11 is 3.32. The van der Waals surface area contributed by atoms with Gasteiger partial charge in [0.15, 0.2) is 0 Å². The zero-order valence-electron chi connectivity index (χ0n) is 17.0. The lowest BCUT2D eigenvalue weighted by atomic mass is 10.1. The number of alkyl halides is 3. The molecule has 0 saturated carbocycles. The van der Waals surface area contributed by atoms with Crippen molar-refractivity contribution < 1.29 is 32.2 Å². The molecule has 0 fully saturated rings. The Kier molecular flexibility index (Phi) is 7.89. The summed E-state index contributed by atoms with van der Waals surface area (Å²) in [6.07, 6.45) is -2.00. The molecule has 0 bridgehead atoms. The normalized spacial score (nSPS) is 12.0. The molecule has 0 atom stereocenters. The van der Waals surface area contributed by atoms with Gasteiger partial charge in [-0.2, -0.15) is 0 Å². The molecular weight excluding hydrogens is 479 g/mol. The molecule has 0 unspecified atom stereocenters. The zero-order valence-corrected chi connectivity index (χ0v) is 18.6. The summed E-state index contributed by atoms with van der Waals surface area (Å²) in [4.78, 5) is 24.3. The van der Waals surface area contributed by atoms with Crippen LogP contribution in [0.3, 0.4) is 0 Å². The first-order chi connectivity index (χ1) is 14.3. The van der Waals surface area contributed by atoms with Crippen molar-refractivity contribution in [2.75, 3.05) is 0 Å². The summed E-state index contributed by atoms with van der Waals surface area (Å²) in [5.41, 5.74) is 0.716. The number of carbonyl (C=O) groups excluding carboxylic acids is 2. The van der Waals surface area contributed by atoms with Crippen LogP contribution in [0.5, 0.6) is 5.75 Å². The molecule has 0 radical (unpaired) electrons. The summed E-state index contributed by atoms with van der Waals surface area (Å²) in [5.74, 6) is -1.31. The molecule has 2 aromatic carbocycles. The van der Waals surface area contributed by atoms with E-state index in [0.29, 0.717) is 21.2 Å². The Balaban J connectivity index is 2.06. The van der Waals surface area contributed by atoms with E-state index in [1.54, 1.807) is 45.0 Å². The molecule has 1 amide bonds. The molecule has 0 heterocycles. The number of halogens is 4. The zero-order chi connectivity index (χ0) is 23.2. The molecule has 0 spiro atoms. The second-order valence-electron chi connectivity index (χ2n) is 7.52. The molecule has 2 rings (SSSR count). The van der Waals surface area contributed by atoms with Crippen LogP contribution in [0, 0.1) is 0 Å². The van der Waals surface area contributed by atoms with E-state index in [2.05, 4.69) is 26.0 Å². The van der Waals surface area contributed by atoms with E-state index in [-0.39, 0.29) is 12.3 Å². The standard InChI is InChI=1S/C22H21BrF3NO4/c1-21(2,3)31-19(28)8-7-14-9-16(12-17(23)10-14)20(29)27-13-15-5-4-6-18(11-15)30-22(24,25)26/h4-12H,13H2,1-3H3,(H,27,29)/b8-7+. The fraction of sp³-hybridized carbons (Fsp3) is 0.273. The first-order valence-corrected chi connectivity index (χ1v) is 9.94. The quantitative estimate of drug-likeness (QED) is 0.413. The number of ether oxygens (including phenoxy) is 2. The molecule has 0 aliphatic heterocycles. The van der Waals surface area contributed by atoms with Crippen molar-refractivity contribution in [3.05, 3.63) is 69.7 Å². The molecule has 0 aromatic heterocycles. The summed E-state index contributed by atoms with van der Waals surface area (Å²) in [6.45, 7) is 5.27. The maximum absolute atomic E-state index is 12.5. The van der Waals surface area contributed by atoms with E-state index < -0.39 is 23.8 Å². The molecule has 5 nitrogen and oxygen atoms in total. The highest BCUT2D eigenvalue weighted by atomic mass is 79.9. The molecule has 31 heavy (non-hydrogen) atoms. The van der Waals surface area contributed by atoms with Gasteiger partial charge in [-0.15, -0.1) is 13.2 Å². The maximum atomic E-state index is 12.5. The summed E-state index contributed by atoms with van der Waals surface area (Å²) in [5, 5.41) is 2.64. The largest absolute Gasteiger partial charge is 0.573 e. The van der Waals surface area contributed by atoms with Crippen LogP contribution in [0.15, 0.2) is 53.0 Å². The fourth-order valence-electron chi connectivity index (χ4n) is 2.48. The third-order valence-corrected chi connectivity index (χ3v) is 4.04. The van der Waals surface area contributed by atoms with Gasteiger partial charge in [0, 0.05) is 22.7 Å². The second-order valence-corrected chi connectivity index (χ2v) is 8.43. The number of rotatable bonds is 6. The number of nitrogens with one attached hydrogen (secondary N) is 1. The number of amides is 1. The lowest BCUT2D eigenvalue weighted by molar-refractivity contribution is -0.274. The van der Waals surface area contributed by atoms with Gasteiger partial charge in [0.25, 0.3) is 5.91 Å². The smallest absolute Gasteiger partial charge is 0.457 e. The Morgan fingerprint density at radius 3 is 2.45 bits per heavy atom. The summed E-state index contributed by atoms with van der Waals surface area (Å²) in [7, 11) is 0. The second kappa shape index (κ2) is 10.00. The Morgan fingerprint density at radius 1 is 1.10 bits per heavy atom. The Bertz CT molecular complexity index is 981. The third kappa shape index (κ3) is 9.25. The van der Waals surface area contributed by atoms with Crippen LogP contribution >= 0.6 is 15.9 Å². The van der Waals surface area contributed by atoms with Gasteiger partial charge in [0.1, 0.15) is 11.4 Å². The SMILES string of the molecule is CC(C)(C)OC(=O)/C=C/c1cc(Br)cc(C(=O)NCc2cccc(OC(F)(F)F)c2)c1. The van der Waals surface area contributed by atoms with Crippen LogP contribution < -0.4 is 10.1 Å². The van der Waals surface area contributed by atoms with Crippen molar-refractivity contribution in [2.24, 2.45) is 0 Å². The van der Waals surface area contributed by atoms with Gasteiger partial charge in [0.05, 0.1) is 0 Å². The lowest BCUT2D eigenvalue weighted by Gasteiger charge is -2.17. The topological polar surface area (TPSA) is 64.6 Å². The van der Waals surface area contributed by atoms with Crippen LogP contribution in [0.25, 0.3) is 6.08 Å². The van der Waals surface area contributed by atoms with Gasteiger partial charge in [-0.25, -0.2) is 4.79 Å². The van der Waals surface area contributed by atoms with Crippen molar-refractivity contribution in [1.82, 2.24) is 5.32 Å². The van der Waals surface area contributed by atoms with E-state index in [0.717, 1.165) is 0 Å². The van der Waals surface area contributed by atoms with Crippen LogP contribution in [0.4, 0.5) is 13.2 Å². The molecule has 2 aromatic rings. The average molecular weight is 500 g/mol. The number of carbonyl (C=O) groups is 2. The summed E-state index contributed by atoms with van der Waals surface area (Å²) in [6, 6.07) is 10.2. The van der Waals surface area contributed by atoms with Crippen LogP contribution in [0.2, 0.25) is 0 Å². The maximum Gasteiger partial charge on any atom is 0.573 e. The van der Waals surface area contributed by atoms with E-state index in [1.165, 1.54) is 30.4 Å². The van der Waals surface area contributed by atoms with Crippen LogP contribution in [0.1, 0.15) is 42.3 Å². The van der Waals surface area contributed by atoms with E-state index in [4.69, 9.17) is 4.74 Å². The highest BCUT2D eigenvalue weighted by molar-refractivity contribution is 9.10. The van der Waals surface area contributed by atoms with Crippen molar-refractivity contribution in [2.45, 2.75) is 39.3 Å². The van der Waals surface area contributed by atoms with Gasteiger partial charge >= 0.3 is 12.3 Å². The highest BCUT2D eigenvalue weighted by Crippen LogP contribution is 2.23. The molecule has 166 valence electrons. The monoisotopic (exact) mass is 499 g/mol. The molecule has 0 saturated heterocycles. The van der Waals surface area contributed by atoms with Crippen LogP contribution in [-0.4, -0.2) is 23.8 Å². The fourth-order valence-corrected chi connectivity index (χ4v) is 2.99. The molecule has 0 aliphatic rings. The number of esters is 1. The predicted octanol–water partition coefficient (Wildman–Crippen LogP) is 5.63. The van der Waals surface area contributed by atoms with Crippen molar-refractivity contribution in [3.8, 4) is 5.75 Å². The highest BCUT2D eigenvalue weighted by Gasteiger charge is 2.31. The third-order valence-electron chi connectivity index (χ3n) is 3.59. The van der Waals surface area contributed by atoms with Gasteiger partial charge in [0.2, 0.25) is 0 Å². The first kappa shape index (κ1) is 24.5. The number of hydrogen-bond donors (Lipinski definition) is 1. The van der Waals surface area contributed by atoms with Crippen molar-refractivity contribution >= 4 is 33.9 Å². The summed E-state index contributed by atoms with van der Waals surface area (Å²) < 4.78 is 46.7. The van der Waals surface area contributed by atoms with Gasteiger partial charge < -0.3 is 14.8 Å². The minimum Gasteiger partial charge on any atom is -0.457 e. The van der Waals surface area contributed by atoms with Crippen molar-refractivity contribution in [1.29, 1.82) is 0 Å². The van der Waals surface area contributed by atoms with Crippen LogP contribution in [-0.2, 0) is 16.1 Å². The minimum atomic E-state index is -4.79. The minimum absolute atomic E-state index is 0.00346. The molecule has 0 aliphatic carbocycles. The number of hydrogen-bond acceptors (Lipinski definition) is 4. The lowest BCUT2D eigenvalue weighted by Crippen LogP contribution is -2.23. The molecule has 9 heteroatoms. The predicted molar refractivity (Wildman–Crippen MR) is 113 cm³/mol. The van der Waals surface area contributed by atoms with E-state index in [1.807, 2.05) is 0 Å². The van der Waals surface area contributed by atoms with E-state index >= 15 is 0 Å². The molecule has 1 N–H and O–H groups in total. The number of benzene rings is 2. The Morgan fingerprint density at radius 2 is 1.81 bits per heavy atom. The van der Waals surface area contributed by atoms with Gasteiger partial charge in [-0.3, -0.25) is 4.79 Å². The van der Waals surface area contributed by atoms with Gasteiger partial charge in [-0.1, -0.05) is 28.1 Å². The Hall–Kier alpha value is -2.81. The van der Waals surface area contributed by atoms with E-state index in [9.17, 15) is 22.8 Å². The van der Waals surface area contributed by atoms with Gasteiger partial charge in [-0.05, 0) is 68.3 Å². The average Bonchev–Trinajstić information content (AvgIpc) is 2.61.